The number of aryl methyl sites for hydroxylation is 1. The van der Waals surface area contributed by atoms with Crippen molar-refractivity contribution in [1.29, 1.82) is 0 Å². The molecule has 28 heavy (non-hydrogen) atoms. The number of fused-ring (bicyclic) bond motifs is 1. The summed E-state index contributed by atoms with van der Waals surface area (Å²) in [4.78, 5) is 29.9. The van der Waals surface area contributed by atoms with Gasteiger partial charge in [-0.1, -0.05) is 29.4 Å². The third-order valence-corrected chi connectivity index (χ3v) is 5.11. The fourth-order valence-electron chi connectivity index (χ4n) is 3.91. The Morgan fingerprint density at radius 1 is 1.32 bits per heavy atom. The van der Waals surface area contributed by atoms with E-state index in [4.69, 9.17) is 10.3 Å². The predicted octanol–water partition coefficient (Wildman–Crippen LogP) is 3.87. The standard InChI is InChI=1S/C20H27N5O3/c1-20(2,3)28-19(27)25-12-14(23-24-21)11-17(25)18(26)22-16-10-6-8-13-7-4-5-9-15(13)16/h4-5,7,9,14,16-17H,6,8,10-12H2,1-3H3,(H,22,26)/t14-,16+,17-/m0/s1. The van der Waals surface area contributed by atoms with Crippen molar-refractivity contribution in [2.45, 2.75) is 70.2 Å². The topological polar surface area (TPSA) is 107 Å². The minimum Gasteiger partial charge on any atom is -0.444 e. The van der Waals surface area contributed by atoms with Gasteiger partial charge in [0.15, 0.2) is 0 Å². The molecule has 0 spiro atoms. The summed E-state index contributed by atoms with van der Waals surface area (Å²) in [6.07, 6.45) is 2.61. The van der Waals surface area contributed by atoms with Crippen LogP contribution in [0.25, 0.3) is 10.4 Å². The van der Waals surface area contributed by atoms with Gasteiger partial charge in [0.2, 0.25) is 5.91 Å². The monoisotopic (exact) mass is 385 g/mol. The van der Waals surface area contributed by atoms with Gasteiger partial charge in [-0.05, 0) is 63.1 Å². The van der Waals surface area contributed by atoms with Crippen molar-refractivity contribution < 1.29 is 14.3 Å². The quantitative estimate of drug-likeness (QED) is 0.485. The molecule has 1 saturated heterocycles. The van der Waals surface area contributed by atoms with E-state index < -0.39 is 23.8 Å². The molecule has 1 aromatic carbocycles. The molecule has 2 amide bonds. The van der Waals surface area contributed by atoms with E-state index in [1.807, 2.05) is 18.2 Å². The van der Waals surface area contributed by atoms with Gasteiger partial charge in [0.1, 0.15) is 11.6 Å². The number of benzene rings is 1. The van der Waals surface area contributed by atoms with Gasteiger partial charge in [0.05, 0.1) is 12.1 Å². The van der Waals surface area contributed by atoms with Crippen molar-refractivity contribution >= 4 is 12.0 Å². The van der Waals surface area contributed by atoms with Crippen molar-refractivity contribution in [2.75, 3.05) is 6.54 Å². The molecular weight excluding hydrogens is 358 g/mol. The molecular formula is C20H27N5O3. The molecule has 1 aromatic rings. The van der Waals surface area contributed by atoms with Crippen LogP contribution in [0, 0.1) is 0 Å². The lowest BCUT2D eigenvalue weighted by molar-refractivity contribution is -0.126. The van der Waals surface area contributed by atoms with E-state index in [2.05, 4.69) is 21.4 Å². The van der Waals surface area contributed by atoms with E-state index in [1.165, 1.54) is 10.5 Å². The first kappa shape index (κ1) is 20.0. The second-order valence-electron chi connectivity index (χ2n) is 8.40. The SMILES string of the molecule is CC(C)(C)OC(=O)N1C[C@@H](N=[N+]=[N-])C[C@H]1C(=O)N[C@@H]1CCCc2ccccc21. The van der Waals surface area contributed by atoms with Crippen LogP contribution in [0.2, 0.25) is 0 Å². The molecule has 8 heteroatoms. The zero-order valence-corrected chi connectivity index (χ0v) is 16.6. The highest BCUT2D eigenvalue weighted by Gasteiger charge is 2.42. The van der Waals surface area contributed by atoms with Crippen LogP contribution in [0.3, 0.4) is 0 Å². The third kappa shape index (κ3) is 4.57. The second-order valence-corrected chi connectivity index (χ2v) is 8.40. The Labute approximate surface area is 164 Å². The van der Waals surface area contributed by atoms with E-state index in [1.54, 1.807) is 20.8 Å². The minimum atomic E-state index is -0.709. The first-order chi connectivity index (χ1) is 13.3. The van der Waals surface area contributed by atoms with Gasteiger partial charge in [0.25, 0.3) is 0 Å². The van der Waals surface area contributed by atoms with Gasteiger partial charge in [-0.25, -0.2) is 4.79 Å². The van der Waals surface area contributed by atoms with E-state index in [0.717, 1.165) is 24.8 Å². The molecule has 2 aliphatic rings. The number of amides is 2. The minimum absolute atomic E-state index is 0.0727. The van der Waals surface area contributed by atoms with Crippen molar-refractivity contribution in [2.24, 2.45) is 5.11 Å². The number of nitrogens with zero attached hydrogens (tertiary/aromatic N) is 4. The van der Waals surface area contributed by atoms with Crippen LogP contribution in [0.15, 0.2) is 29.4 Å². The smallest absolute Gasteiger partial charge is 0.410 e. The summed E-state index contributed by atoms with van der Waals surface area (Å²) < 4.78 is 5.45. The van der Waals surface area contributed by atoms with Crippen LogP contribution in [0.1, 0.15) is 57.2 Å². The number of hydrogen-bond acceptors (Lipinski definition) is 4. The number of carbonyl (C=O) groups excluding carboxylic acids is 2. The summed E-state index contributed by atoms with van der Waals surface area (Å²) in [6.45, 7) is 5.51. The van der Waals surface area contributed by atoms with Crippen LogP contribution in [0.4, 0.5) is 4.79 Å². The van der Waals surface area contributed by atoms with Crippen LogP contribution in [0.5, 0.6) is 0 Å². The molecule has 1 fully saturated rings. The maximum atomic E-state index is 13.1. The Balaban J connectivity index is 1.76. The third-order valence-electron chi connectivity index (χ3n) is 5.11. The van der Waals surface area contributed by atoms with Gasteiger partial charge in [-0.2, -0.15) is 0 Å². The number of azide groups is 1. The molecule has 0 saturated carbocycles. The number of ether oxygens (including phenoxy) is 1. The summed E-state index contributed by atoms with van der Waals surface area (Å²) >= 11 is 0. The molecule has 1 N–H and O–H groups in total. The number of carbonyl (C=O) groups is 2. The largest absolute Gasteiger partial charge is 0.444 e. The highest BCUT2D eigenvalue weighted by Crippen LogP contribution is 2.31. The Hall–Kier alpha value is -2.73. The molecule has 0 radical (unpaired) electrons. The van der Waals surface area contributed by atoms with Gasteiger partial charge >= 0.3 is 6.09 Å². The summed E-state index contributed by atoms with van der Waals surface area (Å²) in [6, 6.07) is 6.90. The Kier molecular flexibility index (Phi) is 5.79. The molecule has 3 rings (SSSR count). The van der Waals surface area contributed by atoms with Crippen LogP contribution in [-0.2, 0) is 16.0 Å². The van der Waals surface area contributed by atoms with Crippen molar-refractivity contribution in [3.05, 3.63) is 45.8 Å². The predicted molar refractivity (Wildman–Crippen MR) is 105 cm³/mol. The van der Waals surface area contributed by atoms with Gasteiger partial charge in [0, 0.05) is 11.5 Å². The molecule has 150 valence electrons. The van der Waals surface area contributed by atoms with E-state index in [0.29, 0.717) is 6.42 Å². The number of nitrogens with one attached hydrogen (secondary N) is 1. The number of hydrogen-bond donors (Lipinski definition) is 1. The van der Waals surface area contributed by atoms with Gasteiger partial charge in [-0.15, -0.1) is 0 Å². The zero-order chi connectivity index (χ0) is 20.3. The lowest BCUT2D eigenvalue weighted by atomic mass is 9.87. The normalized spacial score (nSPS) is 24.1. The summed E-state index contributed by atoms with van der Waals surface area (Å²) in [5, 5.41) is 6.82. The first-order valence-corrected chi connectivity index (χ1v) is 9.70. The van der Waals surface area contributed by atoms with Gasteiger partial charge < -0.3 is 10.1 Å². The molecule has 0 bridgehead atoms. The maximum absolute atomic E-state index is 13.1. The van der Waals surface area contributed by atoms with E-state index in [9.17, 15) is 9.59 Å². The van der Waals surface area contributed by atoms with Crippen LogP contribution >= 0.6 is 0 Å². The lowest BCUT2D eigenvalue weighted by Gasteiger charge is -2.31. The average Bonchev–Trinajstić information content (AvgIpc) is 3.05. The summed E-state index contributed by atoms with van der Waals surface area (Å²) in [5.41, 5.74) is 10.5. The molecule has 1 aliphatic heterocycles. The van der Waals surface area contributed by atoms with Crippen molar-refractivity contribution in [3.8, 4) is 0 Å². The summed E-state index contributed by atoms with van der Waals surface area (Å²) in [7, 11) is 0. The van der Waals surface area contributed by atoms with E-state index in [-0.39, 0.29) is 18.5 Å². The van der Waals surface area contributed by atoms with Crippen LogP contribution < -0.4 is 5.32 Å². The van der Waals surface area contributed by atoms with Crippen molar-refractivity contribution in [3.63, 3.8) is 0 Å². The number of likely N-dealkylation sites (tertiary alicyclic amines) is 1. The average molecular weight is 385 g/mol. The number of rotatable bonds is 3. The van der Waals surface area contributed by atoms with Gasteiger partial charge in [-0.3, -0.25) is 9.69 Å². The zero-order valence-electron chi connectivity index (χ0n) is 16.6. The molecule has 8 nitrogen and oxygen atoms in total. The molecule has 3 atom stereocenters. The van der Waals surface area contributed by atoms with E-state index >= 15 is 0 Å². The van der Waals surface area contributed by atoms with Crippen molar-refractivity contribution in [1.82, 2.24) is 10.2 Å². The molecule has 1 heterocycles. The molecule has 1 aliphatic carbocycles. The fraction of sp³-hybridized carbons (Fsp3) is 0.600. The highest BCUT2D eigenvalue weighted by molar-refractivity contribution is 5.87. The van der Waals surface area contributed by atoms with Crippen LogP contribution in [-0.4, -0.2) is 41.1 Å². The Bertz CT molecular complexity index is 797. The Morgan fingerprint density at radius 2 is 2.07 bits per heavy atom. The first-order valence-electron chi connectivity index (χ1n) is 9.70. The molecule has 0 aromatic heterocycles. The maximum Gasteiger partial charge on any atom is 0.410 e. The summed E-state index contributed by atoms with van der Waals surface area (Å²) in [5.74, 6) is -0.233. The fourth-order valence-corrected chi connectivity index (χ4v) is 3.91. The highest BCUT2D eigenvalue weighted by atomic mass is 16.6. The molecule has 0 unspecified atom stereocenters. The Morgan fingerprint density at radius 3 is 2.79 bits per heavy atom. The lowest BCUT2D eigenvalue weighted by Crippen LogP contribution is -2.48. The second kappa shape index (κ2) is 8.10.